The molecule has 166 valence electrons. The molecule has 2 amide bonds. The Kier molecular flexibility index (Phi) is 7.80. The van der Waals surface area contributed by atoms with Crippen LogP contribution in [0.1, 0.15) is 44.7 Å². The Morgan fingerprint density at radius 1 is 1.40 bits per heavy atom. The highest BCUT2D eigenvalue weighted by Gasteiger charge is 2.37. The number of amides is 2. The first-order valence-corrected chi connectivity index (χ1v) is 10.1. The van der Waals surface area contributed by atoms with Crippen LogP contribution in [0.2, 0.25) is 0 Å². The lowest BCUT2D eigenvalue weighted by molar-refractivity contribution is -0.141. The van der Waals surface area contributed by atoms with Gasteiger partial charge >= 0.3 is 0 Å². The fourth-order valence-corrected chi connectivity index (χ4v) is 3.57. The number of nitrogens with two attached hydrogens (primary N) is 1. The van der Waals surface area contributed by atoms with E-state index >= 15 is 0 Å². The Bertz CT molecular complexity index is 790. The number of aliphatic hydroxyl groups is 1. The summed E-state index contributed by atoms with van der Waals surface area (Å²) < 4.78 is 5.34. The molecule has 1 aliphatic heterocycles. The fourth-order valence-electron chi connectivity index (χ4n) is 3.57. The van der Waals surface area contributed by atoms with E-state index in [-0.39, 0.29) is 36.3 Å². The molecule has 9 nitrogen and oxygen atoms in total. The second kappa shape index (κ2) is 9.90. The number of rotatable bonds is 8. The molecule has 0 spiro atoms. The predicted octanol–water partition coefficient (Wildman–Crippen LogP) is 0.335. The van der Waals surface area contributed by atoms with Crippen LogP contribution in [0, 0.1) is 5.41 Å². The van der Waals surface area contributed by atoms with Crippen molar-refractivity contribution in [1.82, 2.24) is 15.5 Å². The zero-order valence-corrected chi connectivity index (χ0v) is 18.1. The number of ether oxygens (including phenoxy) is 1. The lowest BCUT2D eigenvalue weighted by Crippen LogP contribution is -2.57. The molecule has 1 fully saturated rings. The van der Waals surface area contributed by atoms with Crippen LogP contribution in [0.25, 0.3) is 0 Å². The Labute approximate surface area is 177 Å². The summed E-state index contributed by atoms with van der Waals surface area (Å²) in [6.07, 6.45) is 1.31. The molecule has 0 saturated carbocycles. The van der Waals surface area contributed by atoms with Crippen molar-refractivity contribution in [3.05, 3.63) is 29.3 Å². The maximum Gasteiger partial charge on any atom is 0.243 e. The number of carbonyl (C=O) groups is 2. The molecule has 0 radical (unpaired) electrons. The van der Waals surface area contributed by atoms with Crippen molar-refractivity contribution in [2.75, 3.05) is 20.3 Å². The average Bonchev–Trinajstić information content (AvgIpc) is 3.18. The number of hydrogen-bond donors (Lipinski definition) is 5. The van der Waals surface area contributed by atoms with E-state index in [2.05, 4.69) is 10.6 Å². The molecule has 2 rings (SSSR count). The normalized spacial score (nSPS) is 17.5. The smallest absolute Gasteiger partial charge is 0.243 e. The third-order valence-corrected chi connectivity index (χ3v) is 4.98. The van der Waals surface area contributed by atoms with Gasteiger partial charge in [-0.1, -0.05) is 12.1 Å². The van der Waals surface area contributed by atoms with Gasteiger partial charge in [0, 0.05) is 29.8 Å². The second-order valence-corrected chi connectivity index (χ2v) is 8.48. The highest BCUT2D eigenvalue weighted by atomic mass is 16.5. The number of amidine groups is 1. The summed E-state index contributed by atoms with van der Waals surface area (Å²) in [5.74, 6) is -0.0529. The molecule has 2 atom stereocenters. The van der Waals surface area contributed by atoms with Gasteiger partial charge in [0.25, 0.3) is 0 Å². The number of methoxy groups -OCH3 is 1. The van der Waals surface area contributed by atoms with Gasteiger partial charge in [-0.05, 0) is 39.7 Å². The lowest BCUT2D eigenvalue weighted by atomic mass is 10.1. The summed E-state index contributed by atoms with van der Waals surface area (Å²) in [5, 5.41) is 23.2. The number of nitrogens with one attached hydrogen (secondary N) is 3. The minimum Gasteiger partial charge on any atom is -0.496 e. The van der Waals surface area contributed by atoms with Crippen LogP contribution in [-0.4, -0.2) is 65.5 Å². The number of likely N-dealkylation sites (tertiary alicyclic amines) is 1. The van der Waals surface area contributed by atoms with Gasteiger partial charge in [0.15, 0.2) is 0 Å². The van der Waals surface area contributed by atoms with Crippen LogP contribution in [0.4, 0.5) is 0 Å². The quantitative estimate of drug-likeness (QED) is 0.304. The van der Waals surface area contributed by atoms with Gasteiger partial charge in [0.1, 0.15) is 23.7 Å². The van der Waals surface area contributed by atoms with Gasteiger partial charge in [0.05, 0.1) is 13.7 Å². The minimum atomic E-state index is -0.752. The van der Waals surface area contributed by atoms with Crippen LogP contribution in [0.5, 0.6) is 5.75 Å². The zero-order chi connectivity index (χ0) is 22.5. The lowest BCUT2D eigenvalue weighted by Gasteiger charge is -2.32. The van der Waals surface area contributed by atoms with Crippen LogP contribution in [0.3, 0.4) is 0 Å². The first-order chi connectivity index (χ1) is 14.1. The van der Waals surface area contributed by atoms with E-state index in [1.54, 1.807) is 23.1 Å². The SMILES string of the molecule is COc1cc(C(=N)N)ccc1CNC(=O)[C@H]1CCCN1C(=O)C(CO)NC(C)(C)C. The van der Waals surface area contributed by atoms with Crippen molar-refractivity contribution in [3.63, 3.8) is 0 Å². The molecule has 0 aliphatic carbocycles. The number of aliphatic hydroxyl groups excluding tert-OH is 1. The number of benzene rings is 1. The van der Waals surface area contributed by atoms with Gasteiger partial charge in [-0.3, -0.25) is 20.3 Å². The monoisotopic (exact) mass is 419 g/mol. The molecule has 30 heavy (non-hydrogen) atoms. The summed E-state index contributed by atoms with van der Waals surface area (Å²) in [6.45, 7) is 6.13. The van der Waals surface area contributed by atoms with Gasteiger partial charge in [-0.2, -0.15) is 0 Å². The molecule has 6 N–H and O–H groups in total. The van der Waals surface area contributed by atoms with E-state index in [0.717, 1.165) is 12.0 Å². The maximum atomic E-state index is 12.9. The summed E-state index contributed by atoms with van der Waals surface area (Å²) in [5.41, 5.74) is 6.45. The van der Waals surface area contributed by atoms with Gasteiger partial charge in [0.2, 0.25) is 11.8 Å². The molecule has 1 saturated heterocycles. The van der Waals surface area contributed by atoms with Crippen molar-refractivity contribution in [2.24, 2.45) is 5.73 Å². The van der Waals surface area contributed by atoms with Crippen LogP contribution in [-0.2, 0) is 16.1 Å². The molecule has 1 aliphatic rings. The summed E-state index contributed by atoms with van der Waals surface area (Å²) >= 11 is 0. The van der Waals surface area contributed by atoms with Gasteiger partial charge in [-0.25, -0.2) is 0 Å². The van der Waals surface area contributed by atoms with E-state index < -0.39 is 12.1 Å². The molecular formula is C21H33N5O4. The largest absolute Gasteiger partial charge is 0.496 e. The number of nitrogen functional groups attached to an aromatic ring is 1. The van der Waals surface area contributed by atoms with Crippen molar-refractivity contribution in [3.8, 4) is 5.75 Å². The first-order valence-electron chi connectivity index (χ1n) is 10.1. The number of hydrogen-bond acceptors (Lipinski definition) is 6. The van der Waals surface area contributed by atoms with Crippen molar-refractivity contribution in [1.29, 1.82) is 5.41 Å². The fraction of sp³-hybridized carbons (Fsp3) is 0.571. The Hall–Kier alpha value is -2.65. The molecule has 1 unspecified atom stereocenters. The Morgan fingerprint density at radius 3 is 2.67 bits per heavy atom. The number of carbonyl (C=O) groups excluding carboxylic acids is 2. The van der Waals surface area contributed by atoms with E-state index in [1.807, 2.05) is 20.8 Å². The second-order valence-electron chi connectivity index (χ2n) is 8.48. The van der Waals surface area contributed by atoms with Crippen molar-refractivity contribution >= 4 is 17.6 Å². The molecule has 1 aromatic rings. The maximum absolute atomic E-state index is 12.9. The summed E-state index contributed by atoms with van der Waals surface area (Å²) in [4.78, 5) is 27.3. The number of nitrogens with zero attached hydrogens (tertiary/aromatic N) is 1. The Morgan fingerprint density at radius 2 is 2.10 bits per heavy atom. The summed E-state index contributed by atoms with van der Waals surface area (Å²) in [7, 11) is 1.51. The van der Waals surface area contributed by atoms with E-state index in [0.29, 0.717) is 24.3 Å². The van der Waals surface area contributed by atoms with E-state index in [9.17, 15) is 14.7 Å². The highest BCUT2D eigenvalue weighted by Crippen LogP contribution is 2.22. The molecule has 1 aromatic carbocycles. The van der Waals surface area contributed by atoms with E-state index in [4.69, 9.17) is 15.9 Å². The summed E-state index contributed by atoms with van der Waals surface area (Å²) in [6, 6.07) is 3.78. The molecule has 0 aromatic heterocycles. The van der Waals surface area contributed by atoms with Crippen LogP contribution >= 0.6 is 0 Å². The van der Waals surface area contributed by atoms with E-state index in [1.165, 1.54) is 7.11 Å². The predicted molar refractivity (Wildman–Crippen MR) is 114 cm³/mol. The minimum absolute atomic E-state index is 0.0636. The molecular weight excluding hydrogens is 386 g/mol. The molecule has 1 heterocycles. The van der Waals surface area contributed by atoms with Crippen LogP contribution in [0.15, 0.2) is 18.2 Å². The molecule has 9 heteroatoms. The standard InChI is InChI=1S/C21H33N5O4/c1-21(2,3)25-15(12-27)20(29)26-9-5-6-16(26)19(28)24-11-14-8-7-13(18(22)23)10-17(14)30-4/h7-8,10,15-16,25,27H,5-6,9,11-12H2,1-4H3,(H3,22,23)(H,24,28)/t15?,16-/m1/s1. The third-order valence-electron chi connectivity index (χ3n) is 4.98. The average molecular weight is 420 g/mol. The van der Waals surface area contributed by atoms with Crippen molar-refractivity contribution in [2.45, 2.75) is 57.8 Å². The molecule has 0 bridgehead atoms. The third kappa shape index (κ3) is 5.93. The topological polar surface area (TPSA) is 141 Å². The van der Waals surface area contributed by atoms with Gasteiger partial charge in [-0.15, -0.1) is 0 Å². The van der Waals surface area contributed by atoms with Gasteiger partial charge < -0.3 is 25.8 Å². The Balaban J connectivity index is 2.06. The zero-order valence-electron chi connectivity index (χ0n) is 18.1. The van der Waals surface area contributed by atoms with Crippen LogP contribution < -0.4 is 21.1 Å². The highest BCUT2D eigenvalue weighted by molar-refractivity contribution is 5.95. The van der Waals surface area contributed by atoms with Crippen molar-refractivity contribution < 1.29 is 19.4 Å². The first kappa shape index (κ1) is 23.6.